The van der Waals surface area contributed by atoms with E-state index in [4.69, 9.17) is 5.73 Å². The first kappa shape index (κ1) is 10.7. The number of H-pyrrole nitrogens is 1. The van der Waals surface area contributed by atoms with Gasteiger partial charge in [-0.15, -0.1) is 11.3 Å². The number of hydrogen-bond acceptors (Lipinski definition) is 4. The number of nitrogens with two attached hydrogens (primary N) is 1. The molecule has 2 aromatic heterocycles. The van der Waals surface area contributed by atoms with E-state index in [1.165, 1.54) is 0 Å². The fourth-order valence-electron chi connectivity index (χ4n) is 1.30. The molecule has 6 heteroatoms. The molecule has 0 aliphatic heterocycles. The van der Waals surface area contributed by atoms with Gasteiger partial charge in [0.1, 0.15) is 5.69 Å². The van der Waals surface area contributed by atoms with Gasteiger partial charge < -0.3 is 16.0 Å². The zero-order valence-electron chi connectivity index (χ0n) is 8.56. The largest absolute Gasteiger partial charge is 0.397 e. The second-order valence-electron chi connectivity index (χ2n) is 3.28. The summed E-state index contributed by atoms with van der Waals surface area (Å²) in [5, 5.41) is 5.73. The SMILES string of the molecule is Nc1c[nH]c(C(=O)NCCc2nccs2)c1. The van der Waals surface area contributed by atoms with Gasteiger partial charge in [0.25, 0.3) is 5.91 Å². The van der Waals surface area contributed by atoms with Gasteiger partial charge in [-0.3, -0.25) is 4.79 Å². The van der Waals surface area contributed by atoms with Crippen LogP contribution in [0.15, 0.2) is 23.8 Å². The molecule has 1 amide bonds. The fraction of sp³-hybridized carbons (Fsp3) is 0.200. The summed E-state index contributed by atoms with van der Waals surface area (Å²) in [5.74, 6) is -0.145. The van der Waals surface area contributed by atoms with Crippen molar-refractivity contribution in [2.75, 3.05) is 12.3 Å². The van der Waals surface area contributed by atoms with Crippen LogP contribution >= 0.6 is 11.3 Å². The average Bonchev–Trinajstić information content (AvgIpc) is 2.89. The van der Waals surface area contributed by atoms with Crippen LogP contribution in [-0.4, -0.2) is 22.4 Å². The van der Waals surface area contributed by atoms with Gasteiger partial charge in [0.05, 0.1) is 5.01 Å². The van der Waals surface area contributed by atoms with Crippen molar-refractivity contribution in [2.24, 2.45) is 0 Å². The number of nitrogen functional groups attached to an aromatic ring is 1. The van der Waals surface area contributed by atoms with E-state index in [-0.39, 0.29) is 5.91 Å². The van der Waals surface area contributed by atoms with Crippen LogP contribution in [0.5, 0.6) is 0 Å². The van der Waals surface area contributed by atoms with E-state index in [9.17, 15) is 4.79 Å². The molecule has 5 nitrogen and oxygen atoms in total. The summed E-state index contributed by atoms with van der Waals surface area (Å²) in [5.41, 5.74) is 6.55. The zero-order chi connectivity index (χ0) is 11.4. The van der Waals surface area contributed by atoms with Crippen molar-refractivity contribution in [2.45, 2.75) is 6.42 Å². The van der Waals surface area contributed by atoms with Crippen molar-refractivity contribution < 1.29 is 4.79 Å². The lowest BCUT2D eigenvalue weighted by Gasteiger charge is -2.01. The Morgan fingerprint density at radius 1 is 1.62 bits per heavy atom. The Kier molecular flexibility index (Phi) is 3.21. The van der Waals surface area contributed by atoms with Gasteiger partial charge in [-0.2, -0.15) is 0 Å². The molecule has 0 unspecified atom stereocenters. The molecule has 0 aliphatic rings. The zero-order valence-corrected chi connectivity index (χ0v) is 9.38. The highest BCUT2D eigenvalue weighted by molar-refractivity contribution is 7.09. The molecule has 2 rings (SSSR count). The van der Waals surface area contributed by atoms with Crippen LogP contribution in [0.4, 0.5) is 5.69 Å². The fourth-order valence-corrected chi connectivity index (χ4v) is 1.92. The second kappa shape index (κ2) is 4.80. The summed E-state index contributed by atoms with van der Waals surface area (Å²) in [6.45, 7) is 0.575. The number of aromatic amines is 1. The minimum Gasteiger partial charge on any atom is -0.397 e. The molecule has 0 atom stereocenters. The maximum Gasteiger partial charge on any atom is 0.267 e. The number of nitrogens with zero attached hydrogens (tertiary/aromatic N) is 1. The standard InChI is InChI=1S/C10H12N4OS/c11-7-5-8(14-6-7)10(15)13-2-1-9-12-3-4-16-9/h3-6,14H,1-2,11H2,(H,13,15). The first-order valence-electron chi connectivity index (χ1n) is 4.86. The Hall–Kier alpha value is -1.82. The van der Waals surface area contributed by atoms with Gasteiger partial charge in [0.2, 0.25) is 0 Å². The van der Waals surface area contributed by atoms with Gasteiger partial charge in [0, 0.05) is 36.4 Å². The van der Waals surface area contributed by atoms with Crippen molar-refractivity contribution >= 4 is 22.9 Å². The number of carbonyl (C=O) groups excluding carboxylic acids is 1. The Balaban J connectivity index is 1.80. The van der Waals surface area contributed by atoms with E-state index in [1.54, 1.807) is 29.8 Å². The van der Waals surface area contributed by atoms with Gasteiger partial charge >= 0.3 is 0 Å². The van der Waals surface area contributed by atoms with E-state index < -0.39 is 0 Å². The molecule has 84 valence electrons. The van der Waals surface area contributed by atoms with Crippen LogP contribution < -0.4 is 11.1 Å². The molecular formula is C10H12N4OS. The van der Waals surface area contributed by atoms with Gasteiger partial charge in [-0.1, -0.05) is 0 Å². The number of aromatic nitrogens is 2. The van der Waals surface area contributed by atoms with Gasteiger partial charge in [-0.05, 0) is 6.07 Å². The molecule has 0 radical (unpaired) electrons. The summed E-state index contributed by atoms with van der Waals surface area (Å²) in [6, 6.07) is 1.61. The third-order valence-corrected chi connectivity index (χ3v) is 2.90. The van der Waals surface area contributed by atoms with Crippen LogP contribution in [0.25, 0.3) is 0 Å². The van der Waals surface area contributed by atoms with Crippen LogP contribution in [0.2, 0.25) is 0 Å². The van der Waals surface area contributed by atoms with Crippen molar-refractivity contribution in [3.05, 3.63) is 34.5 Å². The van der Waals surface area contributed by atoms with Crippen molar-refractivity contribution in [1.29, 1.82) is 0 Å². The van der Waals surface area contributed by atoms with Crippen LogP contribution in [0, 0.1) is 0 Å². The van der Waals surface area contributed by atoms with E-state index in [0.717, 1.165) is 11.4 Å². The Bertz CT molecular complexity index is 463. The molecule has 0 aliphatic carbocycles. The number of nitrogens with one attached hydrogen (secondary N) is 2. The molecule has 16 heavy (non-hydrogen) atoms. The predicted octanol–water partition coefficient (Wildman–Crippen LogP) is 1.03. The average molecular weight is 236 g/mol. The monoisotopic (exact) mass is 236 g/mol. The number of amides is 1. The van der Waals surface area contributed by atoms with Crippen LogP contribution in [0.1, 0.15) is 15.5 Å². The highest BCUT2D eigenvalue weighted by Gasteiger charge is 2.06. The van der Waals surface area contributed by atoms with E-state index >= 15 is 0 Å². The maximum atomic E-state index is 11.6. The normalized spacial score (nSPS) is 10.2. The number of anilines is 1. The first-order valence-corrected chi connectivity index (χ1v) is 5.74. The smallest absolute Gasteiger partial charge is 0.267 e. The minimum absolute atomic E-state index is 0.145. The number of thiazole rings is 1. The summed E-state index contributed by atoms with van der Waals surface area (Å²) in [7, 11) is 0. The highest BCUT2D eigenvalue weighted by Crippen LogP contribution is 2.05. The van der Waals surface area contributed by atoms with E-state index in [2.05, 4.69) is 15.3 Å². The molecule has 0 saturated heterocycles. The Morgan fingerprint density at radius 2 is 2.50 bits per heavy atom. The summed E-state index contributed by atoms with van der Waals surface area (Å²) in [4.78, 5) is 18.5. The maximum absolute atomic E-state index is 11.6. The lowest BCUT2D eigenvalue weighted by atomic mass is 10.3. The third-order valence-electron chi connectivity index (χ3n) is 2.06. The lowest BCUT2D eigenvalue weighted by molar-refractivity contribution is 0.0950. The molecule has 0 fully saturated rings. The number of rotatable bonds is 4. The molecule has 4 N–H and O–H groups in total. The Morgan fingerprint density at radius 3 is 3.12 bits per heavy atom. The van der Waals surface area contributed by atoms with Crippen molar-refractivity contribution in [3.63, 3.8) is 0 Å². The highest BCUT2D eigenvalue weighted by atomic mass is 32.1. The molecular weight excluding hydrogens is 224 g/mol. The first-order chi connectivity index (χ1) is 7.75. The van der Waals surface area contributed by atoms with Crippen molar-refractivity contribution in [1.82, 2.24) is 15.3 Å². The number of hydrogen-bond donors (Lipinski definition) is 3. The minimum atomic E-state index is -0.145. The molecule has 2 heterocycles. The van der Waals surface area contributed by atoms with E-state index in [1.807, 2.05) is 5.38 Å². The van der Waals surface area contributed by atoms with Crippen molar-refractivity contribution in [3.8, 4) is 0 Å². The molecule has 0 saturated carbocycles. The van der Waals surface area contributed by atoms with Crippen LogP contribution in [0.3, 0.4) is 0 Å². The van der Waals surface area contributed by atoms with E-state index in [0.29, 0.717) is 17.9 Å². The van der Waals surface area contributed by atoms with Gasteiger partial charge in [0.15, 0.2) is 0 Å². The summed E-state index contributed by atoms with van der Waals surface area (Å²) < 4.78 is 0. The lowest BCUT2D eigenvalue weighted by Crippen LogP contribution is -2.25. The third kappa shape index (κ3) is 2.60. The quantitative estimate of drug-likeness (QED) is 0.741. The topological polar surface area (TPSA) is 83.8 Å². The van der Waals surface area contributed by atoms with Gasteiger partial charge in [-0.25, -0.2) is 4.98 Å². The molecule has 0 spiro atoms. The summed E-state index contributed by atoms with van der Waals surface area (Å²) in [6.07, 6.45) is 4.10. The Labute approximate surface area is 96.7 Å². The molecule has 0 bridgehead atoms. The molecule has 0 aromatic carbocycles. The predicted molar refractivity (Wildman–Crippen MR) is 63.4 cm³/mol. The second-order valence-corrected chi connectivity index (χ2v) is 4.26. The van der Waals surface area contributed by atoms with Crippen LogP contribution in [-0.2, 0) is 6.42 Å². The molecule has 2 aromatic rings. The number of carbonyl (C=O) groups is 1. The summed E-state index contributed by atoms with van der Waals surface area (Å²) >= 11 is 1.58.